The van der Waals surface area contributed by atoms with Gasteiger partial charge < -0.3 is 15.5 Å². The molecule has 0 saturated heterocycles. The molecule has 1 amide bonds. The van der Waals surface area contributed by atoms with E-state index in [1.807, 2.05) is 6.92 Å². The summed E-state index contributed by atoms with van der Waals surface area (Å²) < 4.78 is 0. The Morgan fingerprint density at radius 1 is 1.25 bits per heavy atom. The lowest BCUT2D eigenvalue weighted by atomic mass is 9.90. The largest absolute Gasteiger partial charge is 0.393 e. The van der Waals surface area contributed by atoms with Crippen molar-refractivity contribution in [1.29, 1.82) is 0 Å². The Labute approximate surface area is 120 Å². The average Bonchev–Trinajstić information content (AvgIpc) is 2.76. The van der Waals surface area contributed by atoms with E-state index >= 15 is 0 Å². The summed E-state index contributed by atoms with van der Waals surface area (Å²) >= 11 is 0. The molecule has 1 heterocycles. The van der Waals surface area contributed by atoms with Gasteiger partial charge in [-0.1, -0.05) is 18.2 Å². The molecule has 1 aliphatic carbocycles. The van der Waals surface area contributed by atoms with Gasteiger partial charge in [0, 0.05) is 12.1 Å². The molecule has 0 aromatic carbocycles. The van der Waals surface area contributed by atoms with Gasteiger partial charge in [0.2, 0.25) is 5.91 Å². The van der Waals surface area contributed by atoms with Crippen LogP contribution in [-0.2, 0) is 4.79 Å². The molecule has 4 nitrogen and oxygen atoms in total. The molecule has 0 radical (unpaired) electrons. The Morgan fingerprint density at radius 2 is 2.05 bits per heavy atom. The zero-order valence-corrected chi connectivity index (χ0v) is 12.0. The molecule has 0 aromatic rings. The summed E-state index contributed by atoms with van der Waals surface area (Å²) in [6.45, 7) is 2.00. The minimum Gasteiger partial charge on any atom is -0.393 e. The lowest BCUT2D eigenvalue weighted by Gasteiger charge is -2.19. The highest BCUT2D eigenvalue weighted by Crippen LogP contribution is 2.36. The highest BCUT2D eigenvalue weighted by atomic mass is 16.3. The second-order valence-electron chi connectivity index (χ2n) is 6.07. The molecule has 0 aromatic heterocycles. The normalized spacial score (nSPS) is 42.5. The molecule has 3 N–H and O–H groups in total. The predicted octanol–water partition coefficient (Wildman–Crippen LogP) is 1.54. The van der Waals surface area contributed by atoms with E-state index in [1.165, 1.54) is 6.08 Å². The number of carbonyl (C=O) groups is 1. The van der Waals surface area contributed by atoms with Crippen molar-refractivity contribution in [3.8, 4) is 0 Å². The lowest BCUT2D eigenvalue weighted by Crippen LogP contribution is -2.31. The van der Waals surface area contributed by atoms with Crippen molar-refractivity contribution in [2.75, 3.05) is 0 Å². The highest BCUT2D eigenvalue weighted by Gasteiger charge is 2.35. The molecule has 112 valence electrons. The molecule has 0 spiro atoms. The molecular weight excluding hydrogens is 254 g/mol. The summed E-state index contributed by atoms with van der Waals surface area (Å²) in [7, 11) is 0. The fraction of sp³-hybridized carbons (Fsp3) is 0.688. The number of hydrogen-bond acceptors (Lipinski definition) is 3. The zero-order valence-electron chi connectivity index (χ0n) is 12.0. The van der Waals surface area contributed by atoms with E-state index in [0.717, 1.165) is 19.3 Å². The van der Waals surface area contributed by atoms with Gasteiger partial charge in [-0.25, -0.2) is 0 Å². The number of nitrogens with one attached hydrogen (secondary N) is 1. The van der Waals surface area contributed by atoms with Gasteiger partial charge in [0.05, 0.1) is 12.2 Å². The van der Waals surface area contributed by atoms with Crippen LogP contribution in [0.25, 0.3) is 0 Å². The smallest absolute Gasteiger partial charge is 0.243 e. The number of fused-ring (bicyclic) bond motifs is 1. The van der Waals surface area contributed by atoms with Crippen molar-refractivity contribution >= 4 is 5.91 Å². The van der Waals surface area contributed by atoms with E-state index in [2.05, 4.69) is 17.5 Å². The molecule has 1 aliphatic heterocycles. The van der Waals surface area contributed by atoms with E-state index in [4.69, 9.17) is 0 Å². The first-order chi connectivity index (χ1) is 9.56. The third kappa shape index (κ3) is 4.18. The molecule has 0 bridgehead atoms. The van der Waals surface area contributed by atoms with Crippen LogP contribution < -0.4 is 5.32 Å². The molecule has 4 heteroatoms. The molecular formula is C16H25NO3. The number of amides is 1. The van der Waals surface area contributed by atoms with Gasteiger partial charge in [-0.05, 0) is 50.9 Å². The third-order valence-electron chi connectivity index (χ3n) is 4.30. The van der Waals surface area contributed by atoms with Gasteiger partial charge in [0.15, 0.2) is 0 Å². The van der Waals surface area contributed by atoms with Crippen LogP contribution in [0.3, 0.4) is 0 Å². The van der Waals surface area contributed by atoms with E-state index in [0.29, 0.717) is 12.8 Å². The standard InChI is InChI=1S/C16H25NO3/c1-11-5-3-2-4-6-12-9-13(18)10-14(12)15(19)7-8-16(20)17-11/h4,6-8,11-15,18-19H,2-3,5,9-10H2,1H3,(H,17,20)/b6-4+,8-7+/t11-,12+,13-,14+,15+/m0/s1. The van der Waals surface area contributed by atoms with E-state index in [1.54, 1.807) is 6.08 Å². The van der Waals surface area contributed by atoms with Gasteiger partial charge in [-0.15, -0.1) is 0 Å². The van der Waals surface area contributed by atoms with Gasteiger partial charge in [-0.3, -0.25) is 4.79 Å². The van der Waals surface area contributed by atoms with Gasteiger partial charge >= 0.3 is 0 Å². The average molecular weight is 279 g/mol. The first-order valence-electron chi connectivity index (χ1n) is 7.57. The summed E-state index contributed by atoms with van der Waals surface area (Å²) in [5, 5.41) is 22.9. The predicted molar refractivity (Wildman–Crippen MR) is 78.0 cm³/mol. The fourth-order valence-corrected chi connectivity index (χ4v) is 3.19. The molecule has 1 fully saturated rings. The quantitative estimate of drug-likeness (QED) is 0.589. The van der Waals surface area contributed by atoms with E-state index < -0.39 is 6.10 Å². The maximum absolute atomic E-state index is 11.7. The Kier molecular flexibility index (Phi) is 5.38. The molecule has 2 aliphatic rings. The maximum Gasteiger partial charge on any atom is 0.243 e. The SMILES string of the molecule is C[C@H]1CCC/C=C/[C@@H]2C[C@H](O)C[C@H]2[C@H](O)/C=C/C(=O)N1. The van der Waals surface area contributed by atoms with Gasteiger partial charge in [0.25, 0.3) is 0 Å². The summed E-state index contributed by atoms with van der Waals surface area (Å²) in [6, 6.07) is 0.153. The molecule has 0 unspecified atom stereocenters. The highest BCUT2D eigenvalue weighted by molar-refractivity contribution is 5.87. The minimum atomic E-state index is -0.677. The van der Waals surface area contributed by atoms with Crippen LogP contribution in [-0.4, -0.2) is 34.4 Å². The van der Waals surface area contributed by atoms with Crippen molar-refractivity contribution in [3.05, 3.63) is 24.3 Å². The number of hydrogen-bond donors (Lipinski definition) is 3. The Balaban J connectivity index is 2.11. The lowest BCUT2D eigenvalue weighted by molar-refractivity contribution is -0.117. The number of aliphatic hydroxyl groups excluding tert-OH is 2. The van der Waals surface area contributed by atoms with Crippen molar-refractivity contribution < 1.29 is 15.0 Å². The second-order valence-corrected chi connectivity index (χ2v) is 6.07. The summed E-state index contributed by atoms with van der Waals surface area (Å²) in [6.07, 6.45) is 10.5. The molecule has 20 heavy (non-hydrogen) atoms. The van der Waals surface area contributed by atoms with Crippen LogP contribution in [0.1, 0.15) is 39.0 Å². The number of rotatable bonds is 0. The van der Waals surface area contributed by atoms with Crippen LogP contribution in [0, 0.1) is 11.8 Å². The summed E-state index contributed by atoms with van der Waals surface area (Å²) in [4.78, 5) is 11.7. The van der Waals surface area contributed by atoms with E-state index in [-0.39, 0.29) is 29.9 Å². The summed E-state index contributed by atoms with van der Waals surface area (Å²) in [5.41, 5.74) is 0. The van der Waals surface area contributed by atoms with Gasteiger partial charge in [-0.2, -0.15) is 0 Å². The van der Waals surface area contributed by atoms with Crippen molar-refractivity contribution in [2.45, 2.75) is 57.3 Å². The third-order valence-corrected chi connectivity index (χ3v) is 4.30. The number of carbonyl (C=O) groups excluding carboxylic acids is 1. The molecule has 1 saturated carbocycles. The van der Waals surface area contributed by atoms with E-state index in [9.17, 15) is 15.0 Å². The van der Waals surface area contributed by atoms with Crippen LogP contribution >= 0.6 is 0 Å². The van der Waals surface area contributed by atoms with Crippen molar-refractivity contribution in [2.24, 2.45) is 11.8 Å². The van der Waals surface area contributed by atoms with Gasteiger partial charge in [0.1, 0.15) is 0 Å². The van der Waals surface area contributed by atoms with Crippen LogP contribution in [0.2, 0.25) is 0 Å². The topological polar surface area (TPSA) is 69.6 Å². The Bertz CT molecular complexity index is 391. The number of aliphatic hydroxyl groups is 2. The van der Waals surface area contributed by atoms with Crippen LogP contribution in [0.15, 0.2) is 24.3 Å². The minimum absolute atomic E-state index is 0.00322. The Morgan fingerprint density at radius 3 is 2.85 bits per heavy atom. The van der Waals surface area contributed by atoms with Crippen molar-refractivity contribution in [3.63, 3.8) is 0 Å². The Hall–Kier alpha value is -1.13. The monoisotopic (exact) mass is 279 g/mol. The fourth-order valence-electron chi connectivity index (χ4n) is 3.19. The number of allylic oxidation sites excluding steroid dienone is 2. The van der Waals surface area contributed by atoms with Crippen LogP contribution in [0.4, 0.5) is 0 Å². The molecule has 2 rings (SSSR count). The zero-order chi connectivity index (χ0) is 14.5. The first kappa shape index (κ1) is 15.3. The van der Waals surface area contributed by atoms with Crippen LogP contribution in [0.5, 0.6) is 0 Å². The van der Waals surface area contributed by atoms with Crippen molar-refractivity contribution in [1.82, 2.24) is 5.32 Å². The first-order valence-corrected chi connectivity index (χ1v) is 7.57. The second kappa shape index (κ2) is 7.04. The summed E-state index contributed by atoms with van der Waals surface area (Å²) in [5.74, 6) is 0.0493. The molecule has 5 atom stereocenters. The maximum atomic E-state index is 11.7.